The number of rotatable bonds is 2. The SMILES string of the molecule is CC1(C)c2ccccc2N(c2nc(-c3ccc4c(c3)sc3ccccc34)c3ccc4ccccc4c3n2)c2c1c1ccccc1c1c2sc2ccccc21. The molecule has 1 aliphatic heterocycles. The second kappa shape index (κ2) is 11.0. The molecule has 0 saturated carbocycles. The maximum atomic E-state index is 5.67. The Morgan fingerprint density at radius 1 is 0.519 bits per heavy atom. The Morgan fingerprint density at radius 2 is 1.17 bits per heavy atom. The van der Waals surface area contributed by atoms with Gasteiger partial charge in [-0.2, -0.15) is 0 Å². The Morgan fingerprint density at radius 3 is 2.02 bits per heavy atom. The van der Waals surface area contributed by atoms with Crippen molar-refractivity contribution in [3.63, 3.8) is 0 Å². The van der Waals surface area contributed by atoms with Crippen molar-refractivity contribution in [3.8, 4) is 11.3 Å². The molecule has 12 rings (SSSR count). The van der Waals surface area contributed by atoms with Crippen LogP contribution in [-0.4, -0.2) is 9.97 Å². The number of anilines is 3. The summed E-state index contributed by atoms with van der Waals surface area (Å²) >= 11 is 3.72. The van der Waals surface area contributed by atoms with Crippen LogP contribution >= 0.6 is 22.7 Å². The van der Waals surface area contributed by atoms with Gasteiger partial charge in [-0.25, -0.2) is 9.97 Å². The summed E-state index contributed by atoms with van der Waals surface area (Å²) < 4.78 is 5.11. The second-order valence-corrected chi connectivity index (χ2v) is 17.0. The predicted molar refractivity (Wildman–Crippen MR) is 233 cm³/mol. The zero-order valence-corrected chi connectivity index (χ0v) is 31.2. The van der Waals surface area contributed by atoms with Crippen LogP contribution in [0.5, 0.6) is 0 Å². The molecule has 8 aromatic carbocycles. The van der Waals surface area contributed by atoms with Crippen molar-refractivity contribution in [2.75, 3.05) is 4.90 Å². The van der Waals surface area contributed by atoms with E-state index in [0.29, 0.717) is 5.95 Å². The highest BCUT2D eigenvalue weighted by atomic mass is 32.1. The molecule has 3 aromatic heterocycles. The maximum Gasteiger partial charge on any atom is 0.235 e. The van der Waals surface area contributed by atoms with E-state index in [2.05, 4.69) is 170 Å². The van der Waals surface area contributed by atoms with Crippen LogP contribution in [-0.2, 0) is 5.41 Å². The van der Waals surface area contributed by atoms with Gasteiger partial charge in [0.05, 0.1) is 27.3 Å². The minimum Gasteiger partial charge on any atom is -0.277 e. The molecule has 254 valence electrons. The Balaban J connectivity index is 1.24. The van der Waals surface area contributed by atoms with E-state index in [1.807, 2.05) is 22.7 Å². The van der Waals surface area contributed by atoms with E-state index in [0.717, 1.165) is 33.2 Å². The van der Waals surface area contributed by atoms with Gasteiger partial charge in [0, 0.05) is 57.4 Å². The summed E-state index contributed by atoms with van der Waals surface area (Å²) in [5.41, 5.74) is 7.58. The number of hydrogen-bond donors (Lipinski definition) is 0. The molecular weight excluding hydrogens is 695 g/mol. The second-order valence-electron chi connectivity index (χ2n) is 14.9. The first-order valence-corrected chi connectivity index (χ1v) is 20.1. The van der Waals surface area contributed by atoms with Gasteiger partial charge >= 0.3 is 0 Å². The fourth-order valence-corrected chi connectivity index (χ4v) is 11.6. The van der Waals surface area contributed by atoms with E-state index < -0.39 is 0 Å². The van der Waals surface area contributed by atoms with Crippen LogP contribution in [0.2, 0.25) is 0 Å². The van der Waals surface area contributed by atoms with Crippen molar-refractivity contribution in [3.05, 3.63) is 163 Å². The molecule has 4 heterocycles. The number of nitrogens with zero attached hydrogens (tertiary/aromatic N) is 3. The molecule has 1 aliphatic rings. The predicted octanol–water partition coefficient (Wildman–Crippen LogP) is 14.4. The molecule has 11 aromatic rings. The Kier molecular flexibility index (Phi) is 6.15. The van der Waals surface area contributed by atoms with E-state index in [4.69, 9.17) is 9.97 Å². The third-order valence-electron chi connectivity index (χ3n) is 11.6. The van der Waals surface area contributed by atoms with Crippen molar-refractivity contribution in [2.45, 2.75) is 19.3 Å². The minimum absolute atomic E-state index is 0.287. The van der Waals surface area contributed by atoms with E-state index in [1.54, 1.807) is 0 Å². The van der Waals surface area contributed by atoms with Gasteiger partial charge in [-0.3, -0.25) is 4.90 Å². The maximum absolute atomic E-state index is 5.67. The minimum atomic E-state index is -0.287. The van der Waals surface area contributed by atoms with Crippen LogP contribution in [0.25, 0.3) is 84.0 Å². The summed E-state index contributed by atoms with van der Waals surface area (Å²) in [7, 11) is 0. The highest BCUT2D eigenvalue weighted by Crippen LogP contribution is 2.58. The lowest BCUT2D eigenvalue weighted by atomic mass is 9.71. The van der Waals surface area contributed by atoms with Crippen LogP contribution in [0.3, 0.4) is 0 Å². The number of fused-ring (bicyclic) bond motifs is 15. The Hall–Kier alpha value is -6.14. The lowest BCUT2D eigenvalue weighted by Crippen LogP contribution is -2.31. The van der Waals surface area contributed by atoms with Crippen molar-refractivity contribution >= 4 is 113 Å². The molecule has 3 nitrogen and oxygen atoms in total. The standard InChI is InChI=1S/C49H31N3S2/c1-49(2)37-19-9-10-20-38(37)52(46-43(49)34-17-6-5-16-33(34)42-35-18-8-12-22-40(35)54-47(42)46)48-50-44(36-26-23-28-13-3-4-14-30(28)45(36)51-48)29-24-25-32-31-15-7-11-21-39(31)53-41(32)27-29/h3-27H,1-2H3. The van der Waals surface area contributed by atoms with E-state index in [-0.39, 0.29) is 5.41 Å². The average Bonchev–Trinajstić information content (AvgIpc) is 3.79. The molecule has 0 unspecified atom stereocenters. The van der Waals surface area contributed by atoms with Gasteiger partial charge in [0.25, 0.3) is 0 Å². The largest absolute Gasteiger partial charge is 0.277 e. The molecule has 0 N–H and O–H groups in total. The first kappa shape index (κ1) is 30.3. The summed E-state index contributed by atoms with van der Waals surface area (Å²) in [5.74, 6) is 0.684. The molecule has 0 fully saturated rings. The number of benzene rings is 8. The number of para-hydroxylation sites is 1. The number of hydrogen-bond acceptors (Lipinski definition) is 5. The molecule has 0 amide bonds. The van der Waals surface area contributed by atoms with Crippen LogP contribution < -0.4 is 4.90 Å². The summed E-state index contributed by atoms with van der Waals surface area (Å²) in [5, 5.41) is 11.1. The van der Waals surface area contributed by atoms with Crippen molar-refractivity contribution in [2.24, 2.45) is 0 Å². The summed E-state index contributed by atoms with van der Waals surface area (Å²) in [4.78, 5) is 13.7. The lowest BCUT2D eigenvalue weighted by molar-refractivity contribution is 0.638. The third kappa shape index (κ3) is 4.06. The number of aromatic nitrogens is 2. The zero-order chi connectivity index (χ0) is 35.7. The van der Waals surface area contributed by atoms with Crippen molar-refractivity contribution in [1.82, 2.24) is 9.97 Å². The highest BCUT2D eigenvalue weighted by molar-refractivity contribution is 7.26. The zero-order valence-electron chi connectivity index (χ0n) is 29.6. The van der Waals surface area contributed by atoms with Gasteiger partial charge in [0.1, 0.15) is 0 Å². The summed E-state index contributed by atoms with van der Waals surface area (Å²) in [6.07, 6.45) is 0. The molecule has 0 bridgehead atoms. The molecule has 0 aliphatic carbocycles. The molecular formula is C49H31N3S2. The first-order valence-electron chi connectivity index (χ1n) is 18.4. The molecule has 54 heavy (non-hydrogen) atoms. The van der Waals surface area contributed by atoms with Crippen LogP contribution in [0, 0.1) is 0 Å². The fourth-order valence-electron chi connectivity index (χ4n) is 9.19. The lowest BCUT2D eigenvalue weighted by Gasteiger charge is -2.42. The van der Waals surface area contributed by atoms with Crippen LogP contribution in [0.15, 0.2) is 152 Å². The van der Waals surface area contributed by atoms with Crippen LogP contribution in [0.1, 0.15) is 25.0 Å². The van der Waals surface area contributed by atoms with Crippen molar-refractivity contribution in [1.29, 1.82) is 0 Å². The van der Waals surface area contributed by atoms with Gasteiger partial charge in [-0.1, -0.05) is 135 Å². The quantitative estimate of drug-likeness (QED) is 0.166. The average molecular weight is 726 g/mol. The summed E-state index contributed by atoms with van der Waals surface area (Å²) in [6.45, 7) is 4.77. The molecule has 0 saturated heterocycles. The third-order valence-corrected chi connectivity index (χ3v) is 13.9. The van der Waals surface area contributed by atoms with Gasteiger partial charge in [-0.05, 0) is 57.6 Å². The molecule has 0 atom stereocenters. The molecule has 5 heteroatoms. The van der Waals surface area contributed by atoms with Gasteiger partial charge in [-0.15, -0.1) is 22.7 Å². The van der Waals surface area contributed by atoms with E-state index in [1.165, 1.54) is 73.3 Å². The molecule has 0 spiro atoms. The molecule has 0 radical (unpaired) electrons. The first-order chi connectivity index (χ1) is 26.5. The number of thiophene rings is 2. The fraction of sp³-hybridized carbons (Fsp3) is 0.0612. The van der Waals surface area contributed by atoms with Gasteiger partial charge < -0.3 is 0 Å². The van der Waals surface area contributed by atoms with E-state index >= 15 is 0 Å². The monoisotopic (exact) mass is 725 g/mol. The summed E-state index contributed by atoms with van der Waals surface area (Å²) in [6, 6.07) is 55.3. The van der Waals surface area contributed by atoms with Crippen molar-refractivity contribution < 1.29 is 0 Å². The van der Waals surface area contributed by atoms with Gasteiger partial charge in [0.15, 0.2) is 0 Å². The van der Waals surface area contributed by atoms with Crippen LogP contribution in [0.4, 0.5) is 17.3 Å². The highest BCUT2D eigenvalue weighted by Gasteiger charge is 2.41. The Bertz CT molecular complexity index is 3390. The normalized spacial score (nSPS) is 13.9. The topological polar surface area (TPSA) is 29.0 Å². The smallest absolute Gasteiger partial charge is 0.235 e. The van der Waals surface area contributed by atoms with E-state index in [9.17, 15) is 0 Å². The Labute approximate surface area is 319 Å². The van der Waals surface area contributed by atoms with Gasteiger partial charge in [0.2, 0.25) is 5.95 Å².